The molecule has 1 heterocycles. The Morgan fingerprint density at radius 1 is 1.09 bits per heavy atom. The first kappa shape index (κ1) is 15.0. The van der Waals surface area contributed by atoms with E-state index < -0.39 is 17.6 Å². The van der Waals surface area contributed by atoms with E-state index in [-0.39, 0.29) is 29.3 Å². The fourth-order valence-electron chi connectivity index (χ4n) is 2.57. The second-order valence-electron chi connectivity index (χ2n) is 5.16. The first-order chi connectivity index (χ1) is 11.0. The van der Waals surface area contributed by atoms with Gasteiger partial charge < -0.3 is 24.4 Å². The van der Waals surface area contributed by atoms with Crippen LogP contribution in [-0.2, 0) is 0 Å². The summed E-state index contributed by atoms with van der Waals surface area (Å²) in [4.78, 5) is 12.4. The van der Waals surface area contributed by atoms with Crippen LogP contribution < -0.4 is 14.2 Å². The molecule has 0 bridgehead atoms. The summed E-state index contributed by atoms with van der Waals surface area (Å²) in [5.74, 6) is -0.441. The van der Waals surface area contributed by atoms with Crippen LogP contribution in [0.3, 0.4) is 0 Å². The van der Waals surface area contributed by atoms with E-state index in [2.05, 4.69) is 0 Å². The molecule has 0 aromatic heterocycles. The van der Waals surface area contributed by atoms with Crippen LogP contribution in [0.15, 0.2) is 30.3 Å². The predicted molar refractivity (Wildman–Crippen MR) is 81.6 cm³/mol. The molecule has 2 aromatic carbocycles. The number of benzene rings is 2. The summed E-state index contributed by atoms with van der Waals surface area (Å²) in [7, 11) is 2.91. The van der Waals surface area contributed by atoms with Crippen LogP contribution in [-0.4, -0.2) is 30.2 Å². The third-order valence-electron chi connectivity index (χ3n) is 3.83. The minimum Gasteiger partial charge on any atom is -0.502 e. The number of fused-ring (bicyclic) bond motifs is 1. The van der Waals surface area contributed by atoms with Crippen LogP contribution in [0, 0.1) is 0 Å². The van der Waals surface area contributed by atoms with Gasteiger partial charge in [-0.15, -0.1) is 0 Å². The zero-order valence-electron chi connectivity index (χ0n) is 12.7. The Kier molecular flexibility index (Phi) is 3.73. The fourth-order valence-corrected chi connectivity index (χ4v) is 2.57. The lowest BCUT2D eigenvalue weighted by atomic mass is 9.95. The first-order valence-corrected chi connectivity index (χ1v) is 7.02. The molecule has 2 N–H and O–H groups in total. The number of methoxy groups -OCH3 is 2. The molecule has 0 aliphatic carbocycles. The summed E-state index contributed by atoms with van der Waals surface area (Å²) in [6.07, 6.45) is -0.410. The zero-order valence-corrected chi connectivity index (χ0v) is 12.7. The molecule has 0 fully saturated rings. The van der Waals surface area contributed by atoms with E-state index in [0.717, 1.165) is 5.56 Å². The Morgan fingerprint density at radius 3 is 2.39 bits per heavy atom. The van der Waals surface area contributed by atoms with Gasteiger partial charge in [0.15, 0.2) is 17.3 Å². The number of ketones is 1. The number of Topliss-reactive ketones (excluding diaryl/α,β-unsaturated/α-hetero) is 1. The van der Waals surface area contributed by atoms with Crippen LogP contribution in [0.1, 0.15) is 28.4 Å². The van der Waals surface area contributed by atoms with Gasteiger partial charge in [0, 0.05) is 0 Å². The Labute approximate surface area is 132 Å². The van der Waals surface area contributed by atoms with Crippen molar-refractivity contribution in [2.24, 2.45) is 0 Å². The van der Waals surface area contributed by atoms with E-state index in [0.29, 0.717) is 5.75 Å². The van der Waals surface area contributed by atoms with E-state index in [4.69, 9.17) is 14.2 Å². The summed E-state index contributed by atoms with van der Waals surface area (Å²) in [5.41, 5.74) is 0.974. The Hall–Kier alpha value is -2.89. The number of carbonyl (C=O) groups is 1. The summed E-state index contributed by atoms with van der Waals surface area (Å²) in [6.45, 7) is 0. The summed E-state index contributed by atoms with van der Waals surface area (Å²) < 4.78 is 15.8. The molecule has 1 aliphatic rings. The normalized spacial score (nSPS) is 16.4. The van der Waals surface area contributed by atoms with Gasteiger partial charge in [0.2, 0.25) is 11.5 Å². The highest BCUT2D eigenvalue weighted by atomic mass is 16.5. The maximum Gasteiger partial charge on any atom is 0.205 e. The number of aromatic hydroxyl groups is 2. The van der Waals surface area contributed by atoms with Crippen molar-refractivity contribution in [3.63, 3.8) is 0 Å². The van der Waals surface area contributed by atoms with Gasteiger partial charge in [0.1, 0.15) is 11.9 Å². The molecule has 6 heteroatoms. The highest BCUT2D eigenvalue weighted by molar-refractivity contribution is 6.02. The Morgan fingerprint density at radius 2 is 1.78 bits per heavy atom. The highest BCUT2D eigenvalue weighted by Gasteiger charge is 2.32. The van der Waals surface area contributed by atoms with Crippen LogP contribution in [0.2, 0.25) is 0 Å². The topological polar surface area (TPSA) is 85.2 Å². The average Bonchev–Trinajstić information content (AvgIpc) is 2.58. The minimum absolute atomic E-state index is 0.0274. The highest BCUT2D eigenvalue weighted by Crippen LogP contribution is 2.49. The molecule has 0 saturated carbocycles. The van der Waals surface area contributed by atoms with Crippen LogP contribution >= 0.6 is 0 Å². The molecule has 0 saturated heterocycles. The summed E-state index contributed by atoms with van der Waals surface area (Å²) in [6, 6.07) is 8.50. The van der Waals surface area contributed by atoms with Crippen molar-refractivity contribution >= 4 is 5.78 Å². The van der Waals surface area contributed by atoms with Gasteiger partial charge >= 0.3 is 0 Å². The number of hydrogen-bond donors (Lipinski definition) is 2. The predicted octanol–water partition coefficient (Wildman–Crippen LogP) is 2.82. The van der Waals surface area contributed by atoms with Gasteiger partial charge in [-0.2, -0.15) is 0 Å². The molecule has 2 aromatic rings. The standard InChI is InChI=1S/C17H16O6/c1-21-10-5-3-9(4-6-10)13-8-12(18)11-7-14(22-2)15(19)16(20)17(11)23-13/h3-7,13,19-20H,8H2,1-2H3. The first-order valence-electron chi connectivity index (χ1n) is 7.02. The average molecular weight is 316 g/mol. The number of ether oxygens (including phenoxy) is 3. The van der Waals surface area contributed by atoms with Gasteiger partial charge in [-0.05, 0) is 23.8 Å². The van der Waals surface area contributed by atoms with Crippen LogP contribution in [0.25, 0.3) is 0 Å². The maximum absolute atomic E-state index is 12.4. The van der Waals surface area contributed by atoms with Gasteiger partial charge in [-0.25, -0.2) is 0 Å². The number of rotatable bonds is 3. The quantitative estimate of drug-likeness (QED) is 0.847. The van der Waals surface area contributed by atoms with E-state index in [1.807, 2.05) is 0 Å². The van der Waals surface area contributed by atoms with E-state index in [9.17, 15) is 15.0 Å². The van der Waals surface area contributed by atoms with Crippen molar-refractivity contribution in [1.82, 2.24) is 0 Å². The van der Waals surface area contributed by atoms with Crippen molar-refractivity contribution in [3.8, 4) is 28.7 Å². The lowest BCUT2D eigenvalue weighted by Crippen LogP contribution is -2.20. The summed E-state index contributed by atoms with van der Waals surface area (Å²) in [5, 5.41) is 20.0. The third-order valence-corrected chi connectivity index (χ3v) is 3.83. The van der Waals surface area contributed by atoms with Gasteiger partial charge in [-0.1, -0.05) is 12.1 Å². The van der Waals surface area contributed by atoms with Crippen molar-refractivity contribution in [2.45, 2.75) is 12.5 Å². The molecule has 23 heavy (non-hydrogen) atoms. The van der Waals surface area contributed by atoms with E-state index >= 15 is 0 Å². The second kappa shape index (κ2) is 5.72. The molecule has 6 nitrogen and oxygen atoms in total. The monoisotopic (exact) mass is 316 g/mol. The zero-order chi connectivity index (χ0) is 16.6. The molecule has 1 atom stereocenters. The fraction of sp³-hybridized carbons (Fsp3) is 0.235. The number of hydrogen-bond acceptors (Lipinski definition) is 6. The van der Waals surface area contributed by atoms with Gasteiger partial charge in [-0.3, -0.25) is 4.79 Å². The van der Waals surface area contributed by atoms with Crippen molar-refractivity contribution in [1.29, 1.82) is 0 Å². The van der Waals surface area contributed by atoms with Gasteiger partial charge in [0.25, 0.3) is 0 Å². The van der Waals surface area contributed by atoms with Crippen LogP contribution in [0.4, 0.5) is 0 Å². The van der Waals surface area contributed by atoms with E-state index in [1.54, 1.807) is 31.4 Å². The number of phenolic OH excluding ortho intramolecular Hbond substituents is 2. The lowest BCUT2D eigenvalue weighted by molar-refractivity contribution is 0.0840. The Bertz CT molecular complexity index is 751. The molecule has 1 unspecified atom stereocenters. The molecule has 1 aliphatic heterocycles. The smallest absolute Gasteiger partial charge is 0.205 e. The minimum atomic E-state index is -0.542. The van der Waals surface area contributed by atoms with Crippen LogP contribution in [0.5, 0.6) is 28.7 Å². The Balaban J connectivity index is 1.99. The molecule has 3 rings (SSSR count). The number of phenols is 2. The summed E-state index contributed by atoms with van der Waals surface area (Å²) >= 11 is 0. The molecule has 0 spiro atoms. The largest absolute Gasteiger partial charge is 0.502 e. The van der Waals surface area contributed by atoms with Gasteiger partial charge in [0.05, 0.1) is 26.2 Å². The maximum atomic E-state index is 12.4. The lowest BCUT2D eigenvalue weighted by Gasteiger charge is -2.27. The van der Waals surface area contributed by atoms with Crippen molar-refractivity contribution in [2.75, 3.05) is 14.2 Å². The van der Waals surface area contributed by atoms with Crippen molar-refractivity contribution in [3.05, 3.63) is 41.5 Å². The second-order valence-corrected chi connectivity index (χ2v) is 5.16. The molecule has 0 radical (unpaired) electrons. The van der Waals surface area contributed by atoms with E-state index in [1.165, 1.54) is 13.2 Å². The SMILES string of the molecule is COc1ccc(C2CC(=O)c3cc(OC)c(O)c(O)c3O2)cc1. The molecule has 0 amide bonds. The molecular formula is C17H16O6. The van der Waals surface area contributed by atoms with Crippen molar-refractivity contribution < 1.29 is 29.2 Å². The third kappa shape index (κ3) is 2.52. The molecular weight excluding hydrogens is 300 g/mol. The molecule has 120 valence electrons. The number of carbonyl (C=O) groups excluding carboxylic acids is 1.